The molecule has 0 radical (unpaired) electrons. The highest BCUT2D eigenvalue weighted by atomic mass is 35.5. The quantitative estimate of drug-likeness (QED) is 0.586. The SMILES string of the molecule is CCN(CC)C(=O)c1c(NC(=O)c2ccccc2Cl)sc2c1CCC(C(C)(C)C)C2. The van der Waals surface area contributed by atoms with Gasteiger partial charge in [-0.3, -0.25) is 9.59 Å². The molecule has 1 N–H and O–H groups in total. The summed E-state index contributed by atoms with van der Waals surface area (Å²) >= 11 is 7.78. The molecule has 6 heteroatoms. The summed E-state index contributed by atoms with van der Waals surface area (Å²) in [6.45, 7) is 12.1. The summed E-state index contributed by atoms with van der Waals surface area (Å²) in [6, 6.07) is 6.99. The Balaban J connectivity index is 2.01. The molecule has 0 spiro atoms. The standard InChI is InChI=1S/C24H31ClN2O2S/c1-6-27(7-2)23(29)20-17-13-12-15(24(3,4)5)14-19(17)30-22(20)26-21(28)16-10-8-9-11-18(16)25/h8-11,15H,6-7,12-14H2,1-5H3,(H,26,28). The number of benzene rings is 1. The number of hydrogen-bond acceptors (Lipinski definition) is 3. The van der Waals surface area contributed by atoms with Crippen molar-refractivity contribution in [3.63, 3.8) is 0 Å². The molecule has 0 bridgehead atoms. The highest BCUT2D eigenvalue weighted by Crippen LogP contribution is 2.44. The van der Waals surface area contributed by atoms with Crippen LogP contribution in [0.25, 0.3) is 0 Å². The Morgan fingerprint density at radius 1 is 1.20 bits per heavy atom. The first-order valence-corrected chi connectivity index (χ1v) is 11.9. The van der Waals surface area contributed by atoms with Gasteiger partial charge in [0.25, 0.3) is 11.8 Å². The number of hydrogen-bond donors (Lipinski definition) is 1. The molecule has 1 aliphatic carbocycles. The normalized spacial score (nSPS) is 16.1. The van der Waals surface area contributed by atoms with Crippen LogP contribution in [-0.2, 0) is 12.8 Å². The number of nitrogens with one attached hydrogen (secondary N) is 1. The lowest BCUT2D eigenvalue weighted by Crippen LogP contribution is -2.32. The van der Waals surface area contributed by atoms with Gasteiger partial charge in [-0.2, -0.15) is 0 Å². The van der Waals surface area contributed by atoms with Crippen LogP contribution in [0.1, 0.15) is 72.2 Å². The van der Waals surface area contributed by atoms with Crippen molar-refractivity contribution >= 4 is 39.8 Å². The largest absolute Gasteiger partial charge is 0.339 e. The lowest BCUT2D eigenvalue weighted by molar-refractivity contribution is 0.0772. The first-order chi connectivity index (χ1) is 14.2. The van der Waals surface area contributed by atoms with E-state index < -0.39 is 0 Å². The summed E-state index contributed by atoms with van der Waals surface area (Å²) in [7, 11) is 0. The van der Waals surface area contributed by atoms with Gasteiger partial charge in [0, 0.05) is 18.0 Å². The van der Waals surface area contributed by atoms with Gasteiger partial charge in [-0.15, -0.1) is 11.3 Å². The van der Waals surface area contributed by atoms with Gasteiger partial charge in [0.15, 0.2) is 0 Å². The Kier molecular flexibility index (Phi) is 6.93. The van der Waals surface area contributed by atoms with Gasteiger partial charge in [-0.05, 0) is 62.1 Å². The maximum absolute atomic E-state index is 13.4. The maximum atomic E-state index is 13.4. The molecule has 1 aliphatic rings. The fourth-order valence-corrected chi connectivity index (χ4v) is 5.66. The number of anilines is 1. The second-order valence-electron chi connectivity index (χ2n) is 8.93. The number of halogens is 1. The molecule has 162 valence electrons. The summed E-state index contributed by atoms with van der Waals surface area (Å²) < 4.78 is 0. The van der Waals surface area contributed by atoms with E-state index in [1.807, 2.05) is 18.7 Å². The van der Waals surface area contributed by atoms with Crippen molar-refractivity contribution in [3.05, 3.63) is 50.9 Å². The van der Waals surface area contributed by atoms with E-state index in [-0.39, 0.29) is 17.2 Å². The van der Waals surface area contributed by atoms with Crippen molar-refractivity contribution < 1.29 is 9.59 Å². The van der Waals surface area contributed by atoms with E-state index in [0.717, 1.165) is 24.8 Å². The summed E-state index contributed by atoms with van der Waals surface area (Å²) in [5, 5.41) is 4.06. The predicted octanol–water partition coefficient (Wildman–Crippen LogP) is 6.29. The predicted molar refractivity (Wildman–Crippen MR) is 126 cm³/mol. The van der Waals surface area contributed by atoms with Gasteiger partial charge in [-0.25, -0.2) is 0 Å². The zero-order valence-corrected chi connectivity index (χ0v) is 20.0. The van der Waals surface area contributed by atoms with E-state index in [0.29, 0.717) is 40.2 Å². The van der Waals surface area contributed by atoms with Crippen LogP contribution >= 0.6 is 22.9 Å². The molecule has 1 aromatic carbocycles. The summed E-state index contributed by atoms with van der Waals surface area (Å²) in [5.74, 6) is 0.286. The van der Waals surface area contributed by atoms with E-state index in [2.05, 4.69) is 26.1 Å². The topological polar surface area (TPSA) is 49.4 Å². The third-order valence-corrected chi connectivity index (χ3v) is 7.60. The van der Waals surface area contributed by atoms with Crippen LogP contribution in [0.5, 0.6) is 0 Å². The second-order valence-corrected chi connectivity index (χ2v) is 10.4. The maximum Gasteiger partial charge on any atom is 0.257 e. The fourth-order valence-electron chi connectivity index (χ4n) is 4.12. The Morgan fingerprint density at radius 3 is 2.47 bits per heavy atom. The monoisotopic (exact) mass is 446 g/mol. The van der Waals surface area contributed by atoms with Gasteiger partial charge >= 0.3 is 0 Å². The van der Waals surface area contributed by atoms with Gasteiger partial charge in [0.05, 0.1) is 16.1 Å². The van der Waals surface area contributed by atoms with Crippen molar-refractivity contribution in [1.29, 1.82) is 0 Å². The van der Waals surface area contributed by atoms with Gasteiger partial charge in [-0.1, -0.05) is 44.5 Å². The number of rotatable bonds is 5. The molecule has 0 fully saturated rings. The van der Waals surface area contributed by atoms with Gasteiger partial charge < -0.3 is 10.2 Å². The van der Waals surface area contributed by atoms with Gasteiger partial charge in [0.1, 0.15) is 5.00 Å². The van der Waals surface area contributed by atoms with Crippen molar-refractivity contribution in [1.82, 2.24) is 4.90 Å². The molecule has 1 atom stereocenters. The minimum absolute atomic E-state index is 0.00108. The number of carbonyl (C=O) groups is 2. The van der Waals surface area contributed by atoms with E-state index in [1.165, 1.54) is 4.88 Å². The second kappa shape index (κ2) is 9.11. The average molecular weight is 447 g/mol. The molecular weight excluding hydrogens is 416 g/mol. The van der Waals surface area contributed by atoms with E-state index in [4.69, 9.17) is 11.6 Å². The number of fused-ring (bicyclic) bond motifs is 1. The molecule has 0 aliphatic heterocycles. The van der Waals surface area contributed by atoms with Crippen molar-refractivity contribution in [2.75, 3.05) is 18.4 Å². The van der Waals surface area contributed by atoms with Crippen LogP contribution in [0.2, 0.25) is 5.02 Å². The Morgan fingerprint density at radius 2 is 1.87 bits per heavy atom. The van der Waals surface area contributed by atoms with Crippen LogP contribution in [0.3, 0.4) is 0 Å². The number of thiophene rings is 1. The smallest absolute Gasteiger partial charge is 0.257 e. The molecular formula is C24H31ClN2O2S. The van der Waals surface area contributed by atoms with E-state index in [9.17, 15) is 9.59 Å². The van der Waals surface area contributed by atoms with Crippen LogP contribution < -0.4 is 5.32 Å². The van der Waals surface area contributed by atoms with Gasteiger partial charge in [0.2, 0.25) is 0 Å². The number of amides is 2. The summed E-state index contributed by atoms with van der Waals surface area (Å²) in [5.41, 5.74) is 2.42. The van der Waals surface area contributed by atoms with Crippen LogP contribution in [-0.4, -0.2) is 29.8 Å². The number of nitrogens with zero attached hydrogens (tertiary/aromatic N) is 1. The van der Waals surface area contributed by atoms with E-state index >= 15 is 0 Å². The summed E-state index contributed by atoms with van der Waals surface area (Å²) in [6.07, 6.45) is 2.88. The molecule has 30 heavy (non-hydrogen) atoms. The fraction of sp³-hybridized carbons (Fsp3) is 0.500. The molecule has 0 saturated heterocycles. The molecule has 1 heterocycles. The first kappa shape index (κ1) is 22.8. The zero-order chi connectivity index (χ0) is 22.1. The highest BCUT2D eigenvalue weighted by molar-refractivity contribution is 7.17. The van der Waals surface area contributed by atoms with Crippen molar-refractivity contribution in [2.45, 2.75) is 53.9 Å². The minimum atomic E-state index is -0.278. The Hall–Kier alpha value is -1.85. The van der Waals surface area contributed by atoms with Crippen LogP contribution in [0.4, 0.5) is 5.00 Å². The molecule has 4 nitrogen and oxygen atoms in total. The lowest BCUT2D eigenvalue weighted by Gasteiger charge is -2.34. The van der Waals surface area contributed by atoms with Crippen molar-refractivity contribution in [2.24, 2.45) is 11.3 Å². The summed E-state index contributed by atoms with van der Waals surface area (Å²) in [4.78, 5) is 29.4. The highest BCUT2D eigenvalue weighted by Gasteiger charge is 2.35. The molecule has 0 saturated carbocycles. The number of carbonyl (C=O) groups excluding carboxylic acids is 2. The van der Waals surface area contributed by atoms with E-state index in [1.54, 1.807) is 35.6 Å². The molecule has 1 unspecified atom stereocenters. The molecule has 2 aromatic rings. The van der Waals surface area contributed by atoms with Crippen LogP contribution in [0.15, 0.2) is 24.3 Å². The average Bonchev–Trinajstić information content (AvgIpc) is 3.05. The molecule has 2 amide bonds. The molecule has 1 aromatic heterocycles. The third-order valence-electron chi connectivity index (χ3n) is 6.10. The first-order valence-electron chi connectivity index (χ1n) is 10.7. The van der Waals surface area contributed by atoms with Crippen molar-refractivity contribution in [3.8, 4) is 0 Å². The lowest BCUT2D eigenvalue weighted by atomic mass is 9.72. The minimum Gasteiger partial charge on any atom is -0.339 e. The third kappa shape index (κ3) is 4.57. The Bertz CT molecular complexity index is 941. The Labute approximate surface area is 188 Å². The zero-order valence-electron chi connectivity index (χ0n) is 18.5. The molecule has 3 rings (SSSR count). The van der Waals surface area contributed by atoms with Crippen LogP contribution in [0, 0.1) is 11.3 Å².